The van der Waals surface area contributed by atoms with Crippen molar-refractivity contribution in [1.29, 1.82) is 0 Å². The number of benzene rings is 4. The molecule has 5 nitrogen and oxygen atoms in total. The van der Waals surface area contributed by atoms with Gasteiger partial charge in [0.1, 0.15) is 24.4 Å². The molecule has 0 radical (unpaired) electrons. The molecule has 0 spiro atoms. The molecule has 0 amide bonds. The van der Waals surface area contributed by atoms with Crippen molar-refractivity contribution in [2.24, 2.45) is 0 Å². The summed E-state index contributed by atoms with van der Waals surface area (Å²) in [6, 6.07) is 31.6. The van der Waals surface area contributed by atoms with E-state index in [0.717, 1.165) is 45.0 Å². The highest BCUT2D eigenvalue weighted by Gasteiger charge is 2.53. The first kappa shape index (κ1) is 29.0. The molecule has 4 atom stereocenters. The Kier molecular flexibility index (Phi) is 8.20. The van der Waals surface area contributed by atoms with E-state index in [2.05, 4.69) is 33.4 Å². The summed E-state index contributed by atoms with van der Waals surface area (Å²) >= 11 is 3.73. The van der Waals surface area contributed by atoms with Gasteiger partial charge in [0.05, 0.1) is 28.1 Å². The standard InChI is InChI=1S/C35H34BrNO4S/c1-34(2)37-26(22-41-34)18-25-16-17-32(40-21-24-10-5-3-6-11-24)30(19-25)35(23-38)29-14-9-15-31(36)28(29)20-33(35)42(39)27-12-7-4-8-13-27/h3-17,19,23,26,33,37H,18,20-22H2,1-2H3/t26-,33?,35?,42?/m0/s1. The molecular formula is C35H34BrNO4S. The molecule has 1 heterocycles. The molecule has 6 rings (SSSR count). The summed E-state index contributed by atoms with van der Waals surface area (Å²) in [4.78, 5) is 14.4. The number of hydrogen-bond donors (Lipinski definition) is 1. The fraction of sp³-hybridized carbons (Fsp3) is 0.286. The second-order valence-corrected chi connectivity index (χ2v) is 14.0. The Balaban J connectivity index is 1.50. The van der Waals surface area contributed by atoms with E-state index in [4.69, 9.17) is 9.47 Å². The van der Waals surface area contributed by atoms with Crippen LogP contribution in [0, 0.1) is 0 Å². The molecule has 0 aromatic heterocycles. The topological polar surface area (TPSA) is 64.6 Å². The van der Waals surface area contributed by atoms with Gasteiger partial charge in [-0.15, -0.1) is 0 Å². The summed E-state index contributed by atoms with van der Waals surface area (Å²) in [5, 5.41) is 3.03. The van der Waals surface area contributed by atoms with Crippen LogP contribution in [-0.4, -0.2) is 34.1 Å². The summed E-state index contributed by atoms with van der Waals surface area (Å²) < 4.78 is 27.7. The molecule has 1 aliphatic carbocycles. The normalized spacial score (nSPS) is 23.3. The third-order valence-electron chi connectivity index (χ3n) is 8.29. The fourth-order valence-electron chi connectivity index (χ4n) is 6.33. The van der Waals surface area contributed by atoms with Gasteiger partial charge in [-0.1, -0.05) is 88.7 Å². The summed E-state index contributed by atoms with van der Waals surface area (Å²) in [6.07, 6.45) is 2.22. The fourth-order valence-corrected chi connectivity index (χ4v) is 8.57. The largest absolute Gasteiger partial charge is 0.489 e. The molecular weight excluding hydrogens is 610 g/mol. The summed E-state index contributed by atoms with van der Waals surface area (Å²) in [5.74, 6) is 0.619. The van der Waals surface area contributed by atoms with Crippen molar-refractivity contribution in [3.05, 3.63) is 129 Å². The molecule has 216 valence electrons. The van der Waals surface area contributed by atoms with Crippen LogP contribution in [0.1, 0.15) is 41.7 Å². The van der Waals surface area contributed by atoms with Gasteiger partial charge >= 0.3 is 0 Å². The number of halogens is 1. The van der Waals surface area contributed by atoms with Crippen LogP contribution in [0.3, 0.4) is 0 Å². The van der Waals surface area contributed by atoms with Crippen LogP contribution in [-0.2, 0) is 45.2 Å². The molecule has 2 aliphatic rings. The average Bonchev–Trinajstić information content (AvgIpc) is 3.54. The van der Waals surface area contributed by atoms with Gasteiger partial charge in [0.15, 0.2) is 0 Å². The van der Waals surface area contributed by atoms with E-state index in [9.17, 15) is 9.00 Å². The quantitative estimate of drug-likeness (QED) is 0.211. The Morgan fingerprint density at radius 1 is 0.952 bits per heavy atom. The number of ether oxygens (including phenoxy) is 2. The van der Waals surface area contributed by atoms with Crippen molar-refractivity contribution in [3.8, 4) is 5.75 Å². The minimum Gasteiger partial charge on any atom is -0.489 e. The lowest BCUT2D eigenvalue weighted by molar-refractivity contribution is -0.111. The van der Waals surface area contributed by atoms with E-state index < -0.39 is 21.5 Å². The maximum Gasteiger partial charge on any atom is 0.136 e. The number of rotatable bonds is 9. The first-order chi connectivity index (χ1) is 20.3. The minimum atomic E-state index is -1.47. The number of carbonyl (C=O) groups is 1. The SMILES string of the molecule is CC1(C)N[C@@H](Cc2ccc(OCc3ccccc3)c(C3(C=O)c4cccc(Br)c4CC3S(=O)c3ccccc3)c2)CO1. The second kappa shape index (κ2) is 11.9. The van der Waals surface area contributed by atoms with E-state index in [1.807, 2.05) is 98.8 Å². The highest BCUT2D eigenvalue weighted by Crippen LogP contribution is 2.51. The molecule has 1 fully saturated rings. The van der Waals surface area contributed by atoms with E-state index in [-0.39, 0.29) is 11.8 Å². The van der Waals surface area contributed by atoms with Crippen LogP contribution in [0.2, 0.25) is 0 Å². The van der Waals surface area contributed by atoms with Crippen molar-refractivity contribution in [2.75, 3.05) is 6.61 Å². The number of fused-ring (bicyclic) bond motifs is 1. The molecule has 1 aliphatic heterocycles. The smallest absolute Gasteiger partial charge is 0.136 e. The molecule has 3 unspecified atom stereocenters. The van der Waals surface area contributed by atoms with E-state index in [0.29, 0.717) is 30.3 Å². The maximum absolute atomic E-state index is 14.4. The van der Waals surface area contributed by atoms with Gasteiger partial charge in [0.2, 0.25) is 0 Å². The average molecular weight is 645 g/mol. The highest BCUT2D eigenvalue weighted by atomic mass is 79.9. The third kappa shape index (κ3) is 5.51. The lowest BCUT2D eigenvalue weighted by Gasteiger charge is -2.33. The van der Waals surface area contributed by atoms with Crippen LogP contribution in [0.5, 0.6) is 5.75 Å². The zero-order valence-corrected chi connectivity index (χ0v) is 26.1. The number of nitrogens with one attached hydrogen (secondary N) is 1. The first-order valence-corrected chi connectivity index (χ1v) is 16.2. The summed E-state index contributed by atoms with van der Waals surface area (Å²) in [7, 11) is -1.47. The van der Waals surface area contributed by atoms with Crippen LogP contribution < -0.4 is 10.1 Å². The molecule has 0 saturated carbocycles. The van der Waals surface area contributed by atoms with Crippen molar-refractivity contribution in [1.82, 2.24) is 5.32 Å². The van der Waals surface area contributed by atoms with Crippen molar-refractivity contribution in [3.63, 3.8) is 0 Å². The first-order valence-electron chi connectivity index (χ1n) is 14.2. The summed E-state index contributed by atoms with van der Waals surface area (Å²) in [6.45, 7) is 5.00. The number of hydrogen-bond acceptors (Lipinski definition) is 5. The molecule has 0 bridgehead atoms. The van der Waals surface area contributed by atoms with Gasteiger partial charge < -0.3 is 14.3 Å². The predicted octanol–water partition coefficient (Wildman–Crippen LogP) is 6.51. The monoisotopic (exact) mass is 643 g/mol. The minimum absolute atomic E-state index is 0.135. The van der Waals surface area contributed by atoms with Crippen molar-refractivity contribution < 1.29 is 18.5 Å². The van der Waals surface area contributed by atoms with Crippen molar-refractivity contribution >= 4 is 33.0 Å². The Bertz CT molecular complexity index is 1610. The van der Waals surface area contributed by atoms with Crippen LogP contribution in [0.25, 0.3) is 0 Å². The van der Waals surface area contributed by atoms with Crippen molar-refractivity contribution in [2.45, 2.75) is 60.6 Å². The van der Waals surface area contributed by atoms with Crippen LogP contribution in [0.15, 0.2) is 106 Å². The maximum atomic E-state index is 14.4. The predicted molar refractivity (Wildman–Crippen MR) is 169 cm³/mol. The van der Waals surface area contributed by atoms with Gasteiger partial charge in [-0.3, -0.25) is 9.53 Å². The van der Waals surface area contributed by atoms with Gasteiger partial charge in [-0.2, -0.15) is 0 Å². The lowest BCUT2D eigenvalue weighted by atomic mass is 9.75. The highest BCUT2D eigenvalue weighted by molar-refractivity contribution is 9.10. The van der Waals surface area contributed by atoms with E-state index in [1.54, 1.807) is 0 Å². The third-order valence-corrected chi connectivity index (χ3v) is 10.8. The van der Waals surface area contributed by atoms with Gasteiger partial charge in [0, 0.05) is 21.0 Å². The summed E-state index contributed by atoms with van der Waals surface area (Å²) in [5.41, 5.74) is 3.14. The molecule has 1 N–H and O–H groups in total. The Morgan fingerprint density at radius 2 is 1.69 bits per heavy atom. The van der Waals surface area contributed by atoms with Gasteiger partial charge in [-0.25, -0.2) is 0 Å². The Morgan fingerprint density at radius 3 is 2.38 bits per heavy atom. The second-order valence-electron chi connectivity index (χ2n) is 11.5. The molecule has 4 aromatic rings. The van der Waals surface area contributed by atoms with Gasteiger partial charge in [-0.05, 0) is 73.2 Å². The lowest BCUT2D eigenvalue weighted by Crippen LogP contribution is -2.42. The Labute approximate surface area is 258 Å². The molecule has 42 heavy (non-hydrogen) atoms. The molecule has 1 saturated heterocycles. The van der Waals surface area contributed by atoms with Gasteiger partial charge in [0.25, 0.3) is 0 Å². The van der Waals surface area contributed by atoms with Crippen LogP contribution >= 0.6 is 15.9 Å². The molecule has 7 heteroatoms. The zero-order valence-electron chi connectivity index (χ0n) is 23.7. The Hall–Kier alpha value is -3.10. The zero-order chi connectivity index (χ0) is 29.3. The van der Waals surface area contributed by atoms with E-state index >= 15 is 0 Å². The number of carbonyl (C=O) groups excluding carboxylic acids is 1. The molecule has 4 aromatic carbocycles. The van der Waals surface area contributed by atoms with Crippen LogP contribution in [0.4, 0.5) is 0 Å². The van der Waals surface area contributed by atoms with E-state index in [1.165, 1.54) is 0 Å². The number of aldehydes is 1.